The molecule has 0 amide bonds. The van der Waals surface area contributed by atoms with Gasteiger partial charge in [-0.15, -0.1) is 0 Å². The summed E-state index contributed by atoms with van der Waals surface area (Å²) in [5.74, 6) is -0.324. The molecule has 1 heterocycles. The molecule has 3 rings (SSSR count). The second kappa shape index (κ2) is 8.34. The molecule has 0 saturated carbocycles. The predicted octanol–water partition coefficient (Wildman–Crippen LogP) is 5.91. The molecular formula is C20H17Cl3N2O2. The van der Waals surface area contributed by atoms with Gasteiger partial charge in [-0.1, -0.05) is 46.9 Å². The highest BCUT2D eigenvalue weighted by Crippen LogP contribution is 2.33. The molecule has 7 heteroatoms. The Balaban J connectivity index is 2.17. The molecule has 0 bridgehead atoms. The molecule has 0 fully saturated rings. The van der Waals surface area contributed by atoms with Gasteiger partial charge in [-0.05, 0) is 49.7 Å². The Labute approximate surface area is 172 Å². The molecule has 27 heavy (non-hydrogen) atoms. The van der Waals surface area contributed by atoms with Gasteiger partial charge in [0.25, 0.3) is 0 Å². The zero-order chi connectivity index (χ0) is 19.6. The van der Waals surface area contributed by atoms with Crippen molar-refractivity contribution in [2.45, 2.75) is 20.3 Å². The molecule has 4 nitrogen and oxygen atoms in total. The first kappa shape index (κ1) is 19.7. The Morgan fingerprint density at radius 3 is 2.37 bits per heavy atom. The summed E-state index contributed by atoms with van der Waals surface area (Å²) in [7, 11) is 0. The van der Waals surface area contributed by atoms with Gasteiger partial charge < -0.3 is 4.74 Å². The van der Waals surface area contributed by atoms with Crippen LogP contribution in [0.2, 0.25) is 15.1 Å². The van der Waals surface area contributed by atoms with Crippen molar-refractivity contribution in [1.82, 2.24) is 9.78 Å². The van der Waals surface area contributed by atoms with E-state index in [1.165, 1.54) is 0 Å². The maximum absolute atomic E-state index is 12.0. The average molecular weight is 424 g/mol. The Morgan fingerprint density at radius 2 is 1.74 bits per heavy atom. The lowest BCUT2D eigenvalue weighted by molar-refractivity contribution is -0.142. The van der Waals surface area contributed by atoms with Crippen LogP contribution in [0.3, 0.4) is 0 Å². The lowest BCUT2D eigenvalue weighted by atomic mass is 10.1. The van der Waals surface area contributed by atoms with Gasteiger partial charge in [0.05, 0.1) is 35.1 Å². The Morgan fingerprint density at radius 1 is 1.07 bits per heavy atom. The van der Waals surface area contributed by atoms with E-state index in [4.69, 9.17) is 39.5 Å². The normalized spacial score (nSPS) is 10.9. The molecule has 0 aliphatic rings. The summed E-state index contributed by atoms with van der Waals surface area (Å²) in [5.41, 5.74) is 3.91. The van der Waals surface area contributed by atoms with Crippen LogP contribution in [0.4, 0.5) is 0 Å². The van der Waals surface area contributed by atoms with Crippen LogP contribution in [-0.2, 0) is 16.0 Å². The number of benzene rings is 2. The molecule has 0 aliphatic carbocycles. The van der Waals surface area contributed by atoms with E-state index in [1.54, 1.807) is 29.8 Å². The molecule has 3 aromatic rings. The molecule has 1 aromatic heterocycles. The zero-order valence-corrected chi connectivity index (χ0v) is 17.1. The van der Waals surface area contributed by atoms with Crippen molar-refractivity contribution < 1.29 is 9.53 Å². The molecule has 0 spiro atoms. The van der Waals surface area contributed by atoms with Crippen LogP contribution in [0.25, 0.3) is 16.9 Å². The minimum absolute atomic E-state index is 0.0818. The maximum atomic E-state index is 12.0. The number of rotatable bonds is 5. The summed E-state index contributed by atoms with van der Waals surface area (Å²) >= 11 is 18.5. The first-order valence-corrected chi connectivity index (χ1v) is 9.49. The van der Waals surface area contributed by atoms with E-state index in [2.05, 4.69) is 5.10 Å². The van der Waals surface area contributed by atoms with Crippen LogP contribution in [0.1, 0.15) is 18.2 Å². The minimum Gasteiger partial charge on any atom is -0.466 e. The zero-order valence-electron chi connectivity index (χ0n) is 14.8. The monoisotopic (exact) mass is 422 g/mol. The van der Waals surface area contributed by atoms with Crippen LogP contribution in [0, 0.1) is 6.92 Å². The predicted molar refractivity (Wildman–Crippen MR) is 109 cm³/mol. The SMILES string of the molecule is CCOC(=O)Cc1nn(-c2ccc(Cl)cc2Cl)c(-c2ccc(Cl)cc2)c1C. The summed E-state index contributed by atoms with van der Waals surface area (Å²) in [5, 5.41) is 6.28. The number of carbonyl (C=O) groups is 1. The first-order chi connectivity index (χ1) is 12.9. The number of aromatic nitrogens is 2. The second-order valence-corrected chi connectivity index (χ2v) is 7.20. The fourth-order valence-corrected chi connectivity index (χ4v) is 3.45. The summed E-state index contributed by atoms with van der Waals surface area (Å²) in [4.78, 5) is 12.0. The van der Waals surface area contributed by atoms with Gasteiger partial charge >= 0.3 is 5.97 Å². The number of hydrogen-bond donors (Lipinski definition) is 0. The first-order valence-electron chi connectivity index (χ1n) is 8.36. The van der Waals surface area contributed by atoms with Gasteiger partial charge in [-0.25, -0.2) is 4.68 Å². The van der Waals surface area contributed by atoms with E-state index in [-0.39, 0.29) is 12.4 Å². The number of nitrogens with zero attached hydrogens (tertiary/aromatic N) is 2. The van der Waals surface area contributed by atoms with E-state index in [1.807, 2.05) is 31.2 Å². The van der Waals surface area contributed by atoms with Crippen molar-refractivity contribution in [1.29, 1.82) is 0 Å². The van der Waals surface area contributed by atoms with Crippen LogP contribution in [-0.4, -0.2) is 22.4 Å². The fourth-order valence-electron chi connectivity index (χ4n) is 2.83. The molecular weight excluding hydrogens is 407 g/mol. The third-order valence-electron chi connectivity index (χ3n) is 4.09. The Kier molecular flexibility index (Phi) is 6.10. The quantitative estimate of drug-likeness (QED) is 0.479. The van der Waals surface area contributed by atoms with Gasteiger partial charge in [-0.2, -0.15) is 5.10 Å². The molecule has 0 N–H and O–H groups in total. The minimum atomic E-state index is -0.324. The van der Waals surface area contributed by atoms with Crippen molar-refractivity contribution >= 4 is 40.8 Å². The number of esters is 1. The van der Waals surface area contributed by atoms with Gasteiger partial charge in [0.2, 0.25) is 0 Å². The van der Waals surface area contributed by atoms with E-state index >= 15 is 0 Å². The van der Waals surface area contributed by atoms with Gasteiger partial charge in [0.15, 0.2) is 0 Å². The summed E-state index contributed by atoms with van der Waals surface area (Å²) in [6, 6.07) is 12.6. The highest BCUT2D eigenvalue weighted by molar-refractivity contribution is 6.35. The third kappa shape index (κ3) is 4.29. The molecule has 0 radical (unpaired) electrons. The number of halogens is 3. The van der Waals surface area contributed by atoms with Crippen molar-refractivity contribution in [3.8, 4) is 16.9 Å². The molecule has 0 unspecified atom stereocenters. The number of carbonyl (C=O) groups excluding carboxylic acids is 1. The van der Waals surface area contributed by atoms with Crippen LogP contribution >= 0.6 is 34.8 Å². The van der Waals surface area contributed by atoms with Gasteiger partial charge in [0, 0.05) is 15.6 Å². The number of ether oxygens (including phenoxy) is 1. The van der Waals surface area contributed by atoms with Crippen LogP contribution in [0.5, 0.6) is 0 Å². The highest BCUT2D eigenvalue weighted by Gasteiger charge is 2.21. The molecule has 0 atom stereocenters. The number of hydrogen-bond acceptors (Lipinski definition) is 3. The topological polar surface area (TPSA) is 44.1 Å². The maximum Gasteiger partial charge on any atom is 0.311 e. The lowest BCUT2D eigenvalue weighted by Crippen LogP contribution is -2.09. The summed E-state index contributed by atoms with van der Waals surface area (Å²) in [6.45, 7) is 4.02. The van der Waals surface area contributed by atoms with Gasteiger partial charge in [0.1, 0.15) is 0 Å². The Hall–Kier alpha value is -2.01. The summed E-state index contributed by atoms with van der Waals surface area (Å²) in [6.07, 6.45) is 0.0818. The van der Waals surface area contributed by atoms with E-state index in [0.29, 0.717) is 33.1 Å². The van der Waals surface area contributed by atoms with Crippen molar-refractivity contribution in [2.75, 3.05) is 6.61 Å². The van der Waals surface area contributed by atoms with Crippen LogP contribution in [0.15, 0.2) is 42.5 Å². The molecule has 0 saturated heterocycles. The Bertz CT molecular complexity index is 982. The smallest absolute Gasteiger partial charge is 0.311 e. The van der Waals surface area contributed by atoms with E-state index in [9.17, 15) is 4.79 Å². The highest BCUT2D eigenvalue weighted by atomic mass is 35.5. The average Bonchev–Trinajstić information content (AvgIpc) is 2.92. The van der Waals surface area contributed by atoms with Crippen molar-refractivity contribution in [3.05, 3.63) is 68.8 Å². The lowest BCUT2D eigenvalue weighted by Gasteiger charge is -2.11. The molecule has 2 aromatic carbocycles. The van der Waals surface area contributed by atoms with Crippen LogP contribution < -0.4 is 0 Å². The van der Waals surface area contributed by atoms with Crippen molar-refractivity contribution in [2.24, 2.45) is 0 Å². The molecule has 140 valence electrons. The largest absolute Gasteiger partial charge is 0.466 e. The van der Waals surface area contributed by atoms with E-state index < -0.39 is 0 Å². The van der Waals surface area contributed by atoms with Gasteiger partial charge in [-0.3, -0.25) is 4.79 Å². The summed E-state index contributed by atoms with van der Waals surface area (Å²) < 4.78 is 6.80. The molecule has 0 aliphatic heterocycles. The van der Waals surface area contributed by atoms with E-state index in [0.717, 1.165) is 16.8 Å². The standard InChI is InChI=1S/C20H17Cl3N2O2/c1-3-27-19(26)11-17-12(2)20(13-4-6-14(21)7-5-13)25(24-17)18-9-8-15(22)10-16(18)23/h4-10H,3,11H2,1-2H3. The fraction of sp³-hybridized carbons (Fsp3) is 0.200. The second-order valence-electron chi connectivity index (χ2n) is 5.92. The van der Waals surface area contributed by atoms with Crippen molar-refractivity contribution in [3.63, 3.8) is 0 Å². The third-order valence-corrected chi connectivity index (χ3v) is 4.88.